The van der Waals surface area contributed by atoms with Gasteiger partial charge in [0.2, 0.25) is 6.54 Å². The molecule has 38 heavy (non-hydrogen) atoms. The molecule has 12 heteroatoms. The largest absolute Gasteiger partial charge is 0.487 e. The smallest absolute Gasteiger partial charge is 0.269 e. The molecule has 0 aliphatic rings. The Hall–Kier alpha value is -3.96. The number of hydrogen-bond acceptors (Lipinski definition) is 8. The third-order valence-electron chi connectivity index (χ3n) is 5.98. The van der Waals surface area contributed by atoms with Gasteiger partial charge in [-0.15, -0.1) is 10.2 Å². The number of aryl methyl sites for hydroxylation is 3. The van der Waals surface area contributed by atoms with Gasteiger partial charge in [0.1, 0.15) is 23.4 Å². The maximum Gasteiger partial charge on any atom is 0.269 e. The molecule has 4 aromatic rings. The molecular formula is C26H24ClN5O5S. The van der Waals surface area contributed by atoms with E-state index < -0.39 is 10.2 Å². The van der Waals surface area contributed by atoms with Gasteiger partial charge in [-0.25, -0.2) is 0 Å². The average Bonchev–Trinajstić information content (AvgIpc) is 3.24. The van der Waals surface area contributed by atoms with Gasteiger partial charge in [0.25, 0.3) is 5.69 Å². The maximum atomic E-state index is 11.5. The van der Waals surface area contributed by atoms with Gasteiger partial charge in [-0.3, -0.25) is 24.8 Å². The molecule has 0 radical (unpaired) electrons. The van der Waals surface area contributed by atoms with Crippen LogP contribution >= 0.6 is 23.4 Å². The van der Waals surface area contributed by atoms with Gasteiger partial charge in [-0.2, -0.15) is 0 Å². The lowest BCUT2D eigenvalue weighted by molar-refractivity contribution is -0.479. The van der Waals surface area contributed by atoms with Crippen molar-refractivity contribution >= 4 is 29.1 Å². The second kappa shape index (κ2) is 11.6. The molecule has 4 rings (SSSR count). The summed E-state index contributed by atoms with van der Waals surface area (Å²) in [6.45, 7) is 5.70. The summed E-state index contributed by atoms with van der Waals surface area (Å²) in [6, 6.07) is 17.1. The number of halogens is 1. The van der Waals surface area contributed by atoms with Crippen molar-refractivity contribution in [3.05, 3.63) is 114 Å². The zero-order chi connectivity index (χ0) is 27.4. The summed E-state index contributed by atoms with van der Waals surface area (Å²) in [5, 5.41) is 31.1. The molecule has 0 saturated heterocycles. The summed E-state index contributed by atoms with van der Waals surface area (Å²) >= 11 is 7.73. The van der Waals surface area contributed by atoms with Gasteiger partial charge in [0.15, 0.2) is 5.16 Å². The highest BCUT2D eigenvalue weighted by Gasteiger charge is 2.25. The zero-order valence-electron chi connectivity index (χ0n) is 20.8. The van der Waals surface area contributed by atoms with E-state index in [0.29, 0.717) is 27.3 Å². The lowest BCUT2D eigenvalue weighted by Gasteiger charge is -2.16. The summed E-state index contributed by atoms with van der Waals surface area (Å²) < 4.78 is 7.67. The molecule has 1 aromatic heterocycles. The molecule has 0 aliphatic carbocycles. The molecule has 3 aromatic carbocycles. The van der Waals surface area contributed by atoms with E-state index in [-0.39, 0.29) is 23.8 Å². The Morgan fingerprint density at radius 3 is 2.34 bits per heavy atom. The SMILES string of the molecule is Cc1ccc(-n2c(C)nnc2S[C@H](C[N+](=O)[O-])c2ccc(OCc3ccc([N+](=O)[O-])cc3)c(Cl)c2)cc1C. The van der Waals surface area contributed by atoms with Crippen molar-refractivity contribution in [2.75, 3.05) is 6.54 Å². The minimum atomic E-state index is -0.583. The molecular weight excluding hydrogens is 530 g/mol. The van der Waals surface area contributed by atoms with Crippen LogP contribution in [0.15, 0.2) is 65.8 Å². The first kappa shape index (κ1) is 27.1. The van der Waals surface area contributed by atoms with Crippen molar-refractivity contribution in [3.8, 4) is 11.4 Å². The zero-order valence-corrected chi connectivity index (χ0v) is 22.4. The van der Waals surface area contributed by atoms with Crippen molar-refractivity contribution in [1.82, 2.24) is 14.8 Å². The first-order valence-corrected chi connectivity index (χ1v) is 12.8. The van der Waals surface area contributed by atoms with E-state index in [2.05, 4.69) is 10.2 Å². The molecule has 0 amide bonds. The van der Waals surface area contributed by atoms with Crippen LogP contribution in [-0.2, 0) is 6.61 Å². The van der Waals surface area contributed by atoms with Gasteiger partial charge in [0, 0.05) is 22.7 Å². The van der Waals surface area contributed by atoms with Crippen LogP contribution in [0.5, 0.6) is 5.75 Å². The van der Waals surface area contributed by atoms with Crippen LogP contribution in [0.1, 0.15) is 33.3 Å². The van der Waals surface area contributed by atoms with Crippen LogP contribution < -0.4 is 4.74 Å². The fourth-order valence-electron chi connectivity index (χ4n) is 3.76. The topological polar surface area (TPSA) is 126 Å². The van der Waals surface area contributed by atoms with E-state index in [1.165, 1.54) is 23.9 Å². The molecule has 1 heterocycles. The van der Waals surface area contributed by atoms with Crippen LogP contribution in [0.2, 0.25) is 5.02 Å². The van der Waals surface area contributed by atoms with Crippen molar-refractivity contribution in [3.63, 3.8) is 0 Å². The Labute approximate surface area is 227 Å². The molecule has 0 aliphatic heterocycles. The fourth-order valence-corrected chi connectivity index (χ4v) is 5.17. The highest BCUT2D eigenvalue weighted by Crippen LogP contribution is 2.39. The molecule has 1 atom stereocenters. The highest BCUT2D eigenvalue weighted by molar-refractivity contribution is 7.99. The van der Waals surface area contributed by atoms with Crippen LogP contribution in [0.3, 0.4) is 0 Å². The van der Waals surface area contributed by atoms with E-state index in [9.17, 15) is 20.2 Å². The number of hydrogen-bond donors (Lipinski definition) is 0. The fraction of sp³-hybridized carbons (Fsp3) is 0.231. The number of ether oxygens (including phenoxy) is 1. The van der Waals surface area contributed by atoms with Gasteiger partial charge in [-0.1, -0.05) is 35.5 Å². The van der Waals surface area contributed by atoms with Gasteiger partial charge in [-0.05, 0) is 79.4 Å². The molecule has 196 valence electrons. The second-order valence-corrected chi connectivity index (χ2v) is 10.2. The van der Waals surface area contributed by atoms with Crippen molar-refractivity contribution in [2.45, 2.75) is 37.8 Å². The number of nitro benzene ring substituents is 1. The van der Waals surface area contributed by atoms with Crippen molar-refractivity contribution in [1.29, 1.82) is 0 Å². The van der Waals surface area contributed by atoms with Crippen molar-refractivity contribution in [2.24, 2.45) is 0 Å². The number of nitrogens with zero attached hydrogens (tertiary/aromatic N) is 5. The molecule has 0 unspecified atom stereocenters. The average molecular weight is 554 g/mol. The number of non-ortho nitro benzene ring substituents is 1. The van der Waals surface area contributed by atoms with Gasteiger partial charge >= 0.3 is 0 Å². The van der Waals surface area contributed by atoms with E-state index in [0.717, 1.165) is 22.4 Å². The summed E-state index contributed by atoms with van der Waals surface area (Å²) in [5.74, 6) is 1.07. The maximum absolute atomic E-state index is 11.5. The van der Waals surface area contributed by atoms with Crippen LogP contribution in [0.4, 0.5) is 5.69 Å². The Bertz CT molecular complexity index is 1490. The monoisotopic (exact) mass is 553 g/mol. The van der Waals surface area contributed by atoms with E-state index >= 15 is 0 Å². The first-order valence-electron chi connectivity index (χ1n) is 11.6. The minimum absolute atomic E-state index is 0.00555. The highest BCUT2D eigenvalue weighted by atomic mass is 35.5. The van der Waals surface area contributed by atoms with E-state index in [4.69, 9.17) is 16.3 Å². The Morgan fingerprint density at radius 2 is 1.71 bits per heavy atom. The van der Waals surface area contributed by atoms with Crippen LogP contribution in [-0.4, -0.2) is 31.2 Å². The Kier molecular flexibility index (Phi) is 8.28. The molecule has 0 fully saturated rings. The summed E-state index contributed by atoms with van der Waals surface area (Å²) in [5.41, 5.74) is 4.53. The van der Waals surface area contributed by atoms with Gasteiger partial charge in [0.05, 0.1) is 9.95 Å². The number of aromatic nitrogens is 3. The lowest BCUT2D eigenvalue weighted by atomic mass is 10.1. The quantitative estimate of drug-likeness (QED) is 0.125. The van der Waals surface area contributed by atoms with Crippen LogP contribution in [0, 0.1) is 41.0 Å². The standard InChI is InChI=1S/C26H24ClN5O5S/c1-16-4-8-22(12-17(16)2)31-18(3)28-29-26(31)38-25(14-30(33)34)20-7-11-24(23(27)13-20)37-15-19-5-9-21(10-6-19)32(35)36/h4-13,25H,14-15H2,1-3H3/t25-/m1/s1. The second-order valence-electron chi connectivity index (χ2n) is 8.66. The van der Waals surface area contributed by atoms with E-state index in [1.54, 1.807) is 30.3 Å². The number of thioether (sulfide) groups is 1. The lowest BCUT2D eigenvalue weighted by Crippen LogP contribution is -2.11. The first-order chi connectivity index (χ1) is 18.1. The van der Waals surface area contributed by atoms with Crippen LogP contribution in [0.25, 0.3) is 5.69 Å². The Morgan fingerprint density at radius 1 is 0.974 bits per heavy atom. The third kappa shape index (κ3) is 6.29. The predicted molar refractivity (Wildman–Crippen MR) is 145 cm³/mol. The minimum Gasteiger partial charge on any atom is -0.487 e. The van der Waals surface area contributed by atoms with Crippen molar-refractivity contribution < 1.29 is 14.6 Å². The third-order valence-corrected chi connectivity index (χ3v) is 7.45. The summed E-state index contributed by atoms with van der Waals surface area (Å²) in [7, 11) is 0. The molecule has 10 nitrogen and oxygen atoms in total. The molecule has 0 N–H and O–H groups in total. The predicted octanol–water partition coefficient (Wildman–Crippen LogP) is 6.44. The molecule has 0 spiro atoms. The summed E-state index contributed by atoms with van der Waals surface area (Å²) in [6.07, 6.45) is 0. The number of benzene rings is 3. The molecule has 0 bridgehead atoms. The number of nitro groups is 2. The van der Waals surface area contributed by atoms with E-state index in [1.807, 2.05) is 43.5 Å². The normalized spacial score (nSPS) is 11.8. The summed E-state index contributed by atoms with van der Waals surface area (Å²) in [4.78, 5) is 21.5. The van der Waals surface area contributed by atoms with Gasteiger partial charge < -0.3 is 4.74 Å². The Balaban J connectivity index is 1.55. The molecule has 0 saturated carbocycles. The number of rotatable bonds is 10.